The molecular weight excluding hydrogens is 891 g/mol. The van der Waals surface area contributed by atoms with Gasteiger partial charge in [-0.15, -0.1) is 0 Å². The summed E-state index contributed by atoms with van der Waals surface area (Å²) in [5, 5.41) is 112. The maximum Gasteiger partial charge on any atom is 0.355 e. The average Bonchev–Trinajstić information content (AvgIpc) is 4.14. The van der Waals surface area contributed by atoms with Crippen molar-refractivity contribution in [1.29, 1.82) is 0 Å². The number of aliphatic hydroxyl groups is 6. The molecule has 17 heteroatoms. The van der Waals surface area contributed by atoms with Crippen molar-refractivity contribution in [1.82, 2.24) is 9.97 Å². The Morgan fingerprint density at radius 2 is 1.70 bits per heavy atom. The number of phenols is 3. The molecule has 0 radical (unpaired) electrons. The number of phenolic OH excluding ortho intramolecular Hbond substituents is 3. The van der Waals surface area contributed by atoms with E-state index >= 15 is 4.79 Å². The van der Waals surface area contributed by atoms with Crippen LogP contribution in [0.4, 0.5) is 5.69 Å². The zero-order valence-electron chi connectivity index (χ0n) is 37.9. The highest BCUT2D eigenvalue weighted by Gasteiger charge is 2.69. The van der Waals surface area contributed by atoms with Gasteiger partial charge in [-0.3, -0.25) is 9.69 Å². The number of anilines is 1. The molecule has 4 aliphatic carbocycles. The van der Waals surface area contributed by atoms with E-state index in [4.69, 9.17) is 9.47 Å². The smallest absolute Gasteiger partial charge is 0.355 e. The van der Waals surface area contributed by atoms with E-state index in [2.05, 4.69) is 9.97 Å². The maximum absolute atomic E-state index is 15.3. The third kappa shape index (κ3) is 7.60. The van der Waals surface area contributed by atoms with Crippen molar-refractivity contribution in [2.45, 2.75) is 136 Å². The van der Waals surface area contributed by atoms with E-state index in [1.165, 1.54) is 30.6 Å². The number of aliphatic carboxylic acids is 1. The SMILES string of the molecule is O=C(C=Cc1ccc(O)c(Cc2cnc[nH]2)c1)N1c2cc(OC3(O)OC(CO)C(O)C(O)C3O)c(O)cc2C2C(C34CCCCC3CCc3cccc(O)c34)C(CCC3(O)CCCC3)=CC21C(=O)O. The first-order valence-electron chi connectivity index (χ1n) is 23.9. The van der Waals surface area contributed by atoms with E-state index in [9.17, 15) is 55.9 Å². The van der Waals surface area contributed by atoms with E-state index in [1.807, 2.05) is 12.1 Å². The second-order valence-electron chi connectivity index (χ2n) is 20.1. The number of benzene rings is 3. The lowest BCUT2D eigenvalue weighted by Crippen LogP contribution is -2.67. The number of aliphatic hydroxyl groups excluding tert-OH is 4. The normalized spacial score (nSPS) is 32.3. The van der Waals surface area contributed by atoms with Gasteiger partial charge in [0, 0.05) is 58.8 Å². The number of rotatable bonds is 12. The van der Waals surface area contributed by atoms with Crippen molar-refractivity contribution in [2.75, 3.05) is 11.5 Å². The fourth-order valence-corrected chi connectivity index (χ4v) is 13.2. The molecule has 0 bridgehead atoms. The molecule has 0 spiro atoms. The first kappa shape index (κ1) is 46.9. The topological polar surface area (TPSA) is 287 Å². The molecule has 1 aromatic heterocycles. The minimum absolute atomic E-state index is 0.00949. The van der Waals surface area contributed by atoms with Crippen LogP contribution in [0.5, 0.6) is 23.0 Å². The number of amides is 1. The molecule has 366 valence electrons. The van der Waals surface area contributed by atoms with Gasteiger partial charge >= 0.3 is 11.9 Å². The van der Waals surface area contributed by atoms with Crippen molar-refractivity contribution in [2.24, 2.45) is 11.8 Å². The molecule has 2 saturated carbocycles. The first-order chi connectivity index (χ1) is 33.0. The summed E-state index contributed by atoms with van der Waals surface area (Å²) in [4.78, 5) is 38.3. The number of hydrogen-bond acceptors (Lipinski definition) is 14. The minimum atomic E-state index is -3.17. The Morgan fingerprint density at radius 1 is 0.913 bits per heavy atom. The summed E-state index contributed by atoms with van der Waals surface area (Å²) in [6, 6.07) is 12.7. The van der Waals surface area contributed by atoms with Crippen LogP contribution in [-0.4, -0.2) is 121 Å². The lowest BCUT2D eigenvalue weighted by Gasteiger charge is -2.55. The molecule has 3 aromatic carbocycles. The van der Waals surface area contributed by atoms with Crippen molar-refractivity contribution >= 4 is 23.6 Å². The van der Waals surface area contributed by atoms with Gasteiger partial charge in [-0.25, -0.2) is 9.78 Å². The zero-order chi connectivity index (χ0) is 48.6. The molecule has 17 nitrogen and oxygen atoms in total. The predicted molar refractivity (Wildman–Crippen MR) is 247 cm³/mol. The van der Waals surface area contributed by atoms with Gasteiger partial charge in [0.25, 0.3) is 5.91 Å². The number of aromatic hydroxyl groups is 3. The van der Waals surface area contributed by atoms with Gasteiger partial charge in [-0.1, -0.05) is 49.5 Å². The predicted octanol–water partition coefficient (Wildman–Crippen LogP) is 4.30. The number of carbonyl (C=O) groups is 2. The van der Waals surface area contributed by atoms with Crippen LogP contribution in [0, 0.1) is 11.8 Å². The van der Waals surface area contributed by atoms with E-state index in [0.717, 1.165) is 71.9 Å². The number of nitrogens with zero attached hydrogens (tertiary/aromatic N) is 2. The maximum atomic E-state index is 15.3. The second kappa shape index (κ2) is 17.6. The first-order valence-corrected chi connectivity index (χ1v) is 23.9. The van der Waals surface area contributed by atoms with Gasteiger partial charge in [0.15, 0.2) is 23.1 Å². The third-order valence-corrected chi connectivity index (χ3v) is 16.3. The van der Waals surface area contributed by atoms with Crippen LogP contribution in [0.1, 0.15) is 110 Å². The van der Waals surface area contributed by atoms with Crippen LogP contribution in [0.2, 0.25) is 0 Å². The molecular formula is C52H59N3O14. The Bertz CT molecular complexity index is 2700. The average molecular weight is 950 g/mol. The Morgan fingerprint density at radius 3 is 2.43 bits per heavy atom. The van der Waals surface area contributed by atoms with Crippen molar-refractivity contribution in [3.05, 3.63) is 112 Å². The number of ether oxygens (including phenoxy) is 2. The number of carboxylic acid groups (broad SMARTS) is 1. The van der Waals surface area contributed by atoms with Gasteiger partial charge < -0.3 is 65.5 Å². The summed E-state index contributed by atoms with van der Waals surface area (Å²) in [6.45, 7) is -0.912. The number of carbonyl (C=O) groups excluding carboxylic acids is 1. The lowest BCUT2D eigenvalue weighted by atomic mass is 9.48. The second-order valence-corrected chi connectivity index (χ2v) is 20.1. The van der Waals surface area contributed by atoms with Crippen LogP contribution < -0.4 is 9.64 Å². The summed E-state index contributed by atoms with van der Waals surface area (Å²) in [6.07, 6.45) is 7.92. The summed E-state index contributed by atoms with van der Waals surface area (Å²) in [5.74, 6) is -8.34. The summed E-state index contributed by atoms with van der Waals surface area (Å²) in [7, 11) is 0. The van der Waals surface area contributed by atoms with Crippen LogP contribution in [0.25, 0.3) is 6.08 Å². The number of aryl methyl sites for hydroxylation is 1. The Kier molecular flexibility index (Phi) is 11.9. The molecule has 10 atom stereocenters. The Hall–Kier alpha value is -5.79. The van der Waals surface area contributed by atoms with Crippen LogP contribution >= 0.6 is 0 Å². The number of H-pyrrole nitrogens is 1. The highest BCUT2D eigenvalue weighted by molar-refractivity contribution is 6.13. The van der Waals surface area contributed by atoms with E-state index < -0.39 is 88.8 Å². The molecule has 11 N–H and O–H groups in total. The lowest BCUT2D eigenvalue weighted by molar-refractivity contribution is -0.422. The number of fused-ring (bicyclic) bond motifs is 6. The van der Waals surface area contributed by atoms with Crippen molar-refractivity contribution in [3.8, 4) is 23.0 Å². The van der Waals surface area contributed by atoms with Crippen LogP contribution in [0.15, 0.2) is 78.8 Å². The number of aromatic nitrogens is 2. The fourth-order valence-electron chi connectivity index (χ4n) is 13.2. The summed E-state index contributed by atoms with van der Waals surface area (Å²) < 4.78 is 11.1. The Balaban J connectivity index is 1.16. The molecule has 6 aliphatic rings. The van der Waals surface area contributed by atoms with Gasteiger partial charge in [0.05, 0.1) is 24.2 Å². The van der Waals surface area contributed by atoms with Crippen molar-refractivity contribution < 1.29 is 70.1 Å². The van der Waals surface area contributed by atoms with Crippen molar-refractivity contribution in [3.63, 3.8) is 0 Å². The molecule has 69 heavy (non-hydrogen) atoms. The van der Waals surface area contributed by atoms with Gasteiger partial charge in [-0.05, 0) is 110 Å². The van der Waals surface area contributed by atoms with E-state index in [-0.39, 0.29) is 28.7 Å². The molecule has 10 unspecified atom stereocenters. The summed E-state index contributed by atoms with van der Waals surface area (Å²) in [5.41, 5.74) is 0.348. The highest BCUT2D eigenvalue weighted by atomic mass is 16.8. The molecule has 1 saturated heterocycles. The molecule has 4 aromatic rings. The largest absolute Gasteiger partial charge is 0.508 e. The number of imidazole rings is 1. The van der Waals surface area contributed by atoms with Gasteiger partial charge in [0.2, 0.25) is 0 Å². The third-order valence-electron chi connectivity index (χ3n) is 16.3. The molecule has 1 amide bonds. The minimum Gasteiger partial charge on any atom is -0.508 e. The quantitative estimate of drug-likeness (QED) is 0.0537. The van der Waals surface area contributed by atoms with Gasteiger partial charge in [-0.2, -0.15) is 0 Å². The summed E-state index contributed by atoms with van der Waals surface area (Å²) >= 11 is 0. The number of hydrogen-bond donors (Lipinski definition) is 11. The van der Waals surface area contributed by atoms with E-state index in [0.29, 0.717) is 56.1 Å². The molecule has 3 heterocycles. The van der Waals surface area contributed by atoms with E-state index in [1.54, 1.807) is 30.5 Å². The number of allylic oxidation sites excluding steroid dienone is 1. The zero-order valence-corrected chi connectivity index (χ0v) is 37.9. The highest BCUT2D eigenvalue weighted by Crippen LogP contribution is 2.69. The number of aromatic amines is 1. The standard InChI is InChI=1S/C52H59N3O14/c56-26-40-45(61)46(62)47(63)52(67,69-40)68-39-23-35-34(22-38(39)59)44-43(50-18-2-1-7-32(50)12-11-29-6-5-8-37(58)42(29)50)30(15-19-49(66)16-3-4-17-49)24-51(44,48(64)65)55(35)41(60)14-10-28-9-13-36(57)31(20-28)21-33-25-53-27-54-33/h5-6,8-10,13-14,20,22-25,27,32,40,43-47,56-59,61-63,66-67H,1-4,7,11-12,15-19,21,26H2,(H,53,54)(H,64,65). The van der Waals surface area contributed by atoms with Crippen LogP contribution in [-0.2, 0) is 32.6 Å². The molecule has 2 aliphatic heterocycles. The molecule has 3 fully saturated rings. The Labute approximate surface area is 397 Å². The number of carboxylic acids is 1. The van der Waals surface area contributed by atoms with Crippen LogP contribution in [0.3, 0.4) is 0 Å². The monoisotopic (exact) mass is 949 g/mol. The fraction of sp³-hybridized carbons (Fsp3) is 0.481. The number of nitrogens with one attached hydrogen (secondary N) is 1. The molecule has 10 rings (SSSR count). The van der Waals surface area contributed by atoms with Gasteiger partial charge in [0.1, 0.15) is 29.8 Å².